The summed E-state index contributed by atoms with van der Waals surface area (Å²) in [4.78, 5) is 77.4. The largest absolute Gasteiger partial charge is 0.491 e. The number of carbonyl (C=O) groups is 6. The Morgan fingerprint density at radius 1 is 0.576 bits per heavy atom. The van der Waals surface area contributed by atoms with Gasteiger partial charge in [-0.3, -0.25) is 29.0 Å². The first-order chi connectivity index (χ1) is 28.2. The number of aliphatic hydroxyl groups excluding tert-OH is 2. The maximum absolute atomic E-state index is 12.6. The Labute approximate surface area is 339 Å². The molecule has 14 heteroatoms. The third kappa shape index (κ3) is 8.98. The van der Waals surface area contributed by atoms with E-state index >= 15 is 0 Å². The van der Waals surface area contributed by atoms with Gasteiger partial charge in [0.05, 0.1) is 33.4 Å². The molecule has 4 amide bonds. The van der Waals surface area contributed by atoms with E-state index in [2.05, 4.69) is 13.2 Å². The molecule has 2 N–H and O–H groups in total. The lowest BCUT2D eigenvalue weighted by atomic mass is 9.78. The molecule has 2 aliphatic rings. The van der Waals surface area contributed by atoms with Crippen LogP contribution in [0.25, 0.3) is 0 Å². The number of nitrogens with zero attached hydrogens (tertiary/aromatic N) is 2. The Bertz CT molecular complexity index is 2160. The number of amides is 4. The van der Waals surface area contributed by atoms with Crippen molar-refractivity contribution in [2.24, 2.45) is 0 Å². The van der Waals surface area contributed by atoms with Crippen LogP contribution in [0.4, 0.5) is 0 Å². The van der Waals surface area contributed by atoms with Crippen molar-refractivity contribution in [2.75, 3.05) is 39.5 Å². The van der Waals surface area contributed by atoms with Crippen molar-refractivity contribution >= 4 is 35.6 Å². The van der Waals surface area contributed by atoms with E-state index in [1.54, 1.807) is 24.3 Å². The number of carbonyl (C=O) groups excluding carboxylic acids is 6. The lowest BCUT2D eigenvalue weighted by Gasteiger charge is -2.26. The zero-order valence-corrected chi connectivity index (χ0v) is 32.4. The van der Waals surface area contributed by atoms with E-state index in [-0.39, 0.29) is 72.9 Å². The van der Waals surface area contributed by atoms with Gasteiger partial charge in [-0.2, -0.15) is 0 Å². The second kappa shape index (κ2) is 17.7. The molecule has 2 unspecified atom stereocenters. The van der Waals surface area contributed by atoms with Gasteiger partial charge in [-0.05, 0) is 71.8 Å². The molecule has 0 bridgehead atoms. The molecule has 4 aromatic rings. The number of aliphatic hydroxyl groups is 2. The molecule has 6 rings (SSSR count). The molecule has 0 saturated carbocycles. The highest BCUT2D eigenvalue weighted by molar-refractivity contribution is 6.22. The zero-order chi connectivity index (χ0) is 42.4. The normalized spacial score (nSPS) is 14.4. The summed E-state index contributed by atoms with van der Waals surface area (Å²) >= 11 is 0. The fourth-order valence-corrected chi connectivity index (χ4v) is 6.52. The fourth-order valence-electron chi connectivity index (χ4n) is 6.52. The Hall–Kier alpha value is -6.90. The first-order valence-electron chi connectivity index (χ1n) is 18.6. The third-order valence-corrected chi connectivity index (χ3v) is 9.89. The van der Waals surface area contributed by atoms with Gasteiger partial charge < -0.3 is 29.2 Å². The Balaban J connectivity index is 0.931. The minimum Gasteiger partial charge on any atom is -0.491 e. The topological polar surface area (TPSA) is 186 Å². The summed E-state index contributed by atoms with van der Waals surface area (Å²) in [5.41, 5.74) is 2.25. The molecular formula is C45H42N2O12. The van der Waals surface area contributed by atoms with Crippen LogP contribution in [0.2, 0.25) is 0 Å². The molecule has 0 aliphatic carbocycles. The number of benzene rings is 4. The summed E-state index contributed by atoms with van der Waals surface area (Å²) in [5.74, 6) is -2.51. The number of hydrogen-bond acceptors (Lipinski definition) is 12. The monoisotopic (exact) mass is 802 g/mol. The number of fused-ring (bicyclic) bond motifs is 2. The van der Waals surface area contributed by atoms with Gasteiger partial charge in [-0.1, -0.05) is 50.3 Å². The molecule has 59 heavy (non-hydrogen) atoms. The van der Waals surface area contributed by atoms with E-state index in [0.29, 0.717) is 11.5 Å². The smallest absolute Gasteiger partial charge is 0.338 e. The maximum Gasteiger partial charge on any atom is 0.338 e. The summed E-state index contributed by atoms with van der Waals surface area (Å²) in [6.07, 6.45) is 0.597. The molecule has 0 aromatic heterocycles. The standard InChI is InChI=1S/C45H42N2O12/c1-5-19-46-39(50)35-17-7-27(21-37(35)41(46)52)43(54)58-25-31(48)23-56-33-13-9-29(10-14-33)45(3,4)30-11-15-34(16-12-30)57-24-32(49)26-59-44(55)28-8-18-36-38(22-28)42(53)47(20-6-2)40(36)51/h5-18,21-22,31-32,48-49H,1-2,19-20,23-26H2,3-4H3. The Kier molecular flexibility index (Phi) is 12.5. The van der Waals surface area contributed by atoms with E-state index in [0.717, 1.165) is 20.9 Å². The molecule has 304 valence electrons. The summed E-state index contributed by atoms with van der Waals surface area (Å²) in [7, 11) is 0. The zero-order valence-electron chi connectivity index (χ0n) is 32.4. The van der Waals surface area contributed by atoms with Crippen molar-refractivity contribution in [3.8, 4) is 11.5 Å². The third-order valence-electron chi connectivity index (χ3n) is 9.89. The van der Waals surface area contributed by atoms with Crippen molar-refractivity contribution in [3.63, 3.8) is 0 Å². The minimum absolute atomic E-state index is 0.0534. The van der Waals surface area contributed by atoms with Crippen LogP contribution in [-0.2, 0) is 14.9 Å². The van der Waals surface area contributed by atoms with E-state index in [4.69, 9.17) is 18.9 Å². The Morgan fingerprint density at radius 2 is 0.932 bits per heavy atom. The van der Waals surface area contributed by atoms with Gasteiger partial charge >= 0.3 is 11.9 Å². The average molecular weight is 803 g/mol. The summed E-state index contributed by atoms with van der Waals surface area (Å²) in [5, 5.41) is 20.8. The molecule has 2 heterocycles. The van der Waals surface area contributed by atoms with Crippen LogP contribution in [0, 0.1) is 0 Å². The summed E-state index contributed by atoms with van der Waals surface area (Å²) in [6, 6.07) is 22.9. The lowest BCUT2D eigenvalue weighted by molar-refractivity contribution is 0.0127. The number of ether oxygens (including phenoxy) is 4. The Morgan fingerprint density at radius 3 is 1.29 bits per heavy atom. The molecule has 0 saturated heterocycles. The molecular weight excluding hydrogens is 760 g/mol. The van der Waals surface area contributed by atoms with E-state index in [9.17, 15) is 39.0 Å². The molecule has 0 spiro atoms. The van der Waals surface area contributed by atoms with Gasteiger partial charge in [0.1, 0.15) is 50.1 Å². The van der Waals surface area contributed by atoms with E-state index < -0.39 is 53.2 Å². The second-order valence-corrected chi connectivity index (χ2v) is 14.3. The highest BCUT2D eigenvalue weighted by atomic mass is 16.6. The first-order valence-corrected chi connectivity index (χ1v) is 18.6. The molecule has 4 aromatic carbocycles. The summed E-state index contributed by atoms with van der Waals surface area (Å²) < 4.78 is 21.9. The second-order valence-electron chi connectivity index (χ2n) is 14.3. The first kappa shape index (κ1) is 41.7. The van der Waals surface area contributed by atoms with Gasteiger partial charge in [0.25, 0.3) is 23.6 Å². The van der Waals surface area contributed by atoms with Crippen LogP contribution in [0.15, 0.2) is 110 Å². The minimum atomic E-state index is -1.14. The van der Waals surface area contributed by atoms with Crippen molar-refractivity contribution in [2.45, 2.75) is 31.5 Å². The van der Waals surface area contributed by atoms with Crippen LogP contribution >= 0.6 is 0 Å². The van der Waals surface area contributed by atoms with Crippen molar-refractivity contribution in [3.05, 3.63) is 155 Å². The van der Waals surface area contributed by atoms with Crippen molar-refractivity contribution < 1.29 is 57.9 Å². The number of imide groups is 2. The van der Waals surface area contributed by atoms with Gasteiger partial charge in [0.2, 0.25) is 0 Å². The highest BCUT2D eigenvalue weighted by Crippen LogP contribution is 2.34. The number of hydrogen-bond donors (Lipinski definition) is 2. The average Bonchev–Trinajstić information content (AvgIpc) is 3.62. The predicted octanol–water partition coefficient (Wildman–Crippen LogP) is 4.77. The predicted molar refractivity (Wildman–Crippen MR) is 213 cm³/mol. The molecule has 0 radical (unpaired) electrons. The molecule has 14 nitrogen and oxygen atoms in total. The van der Waals surface area contributed by atoms with Crippen LogP contribution in [0.5, 0.6) is 11.5 Å². The van der Waals surface area contributed by atoms with Gasteiger partial charge in [-0.25, -0.2) is 9.59 Å². The summed E-state index contributed by atoms with van der Waals surface area (Å²) in [6.45, 7) is 10.3. The van der Waals surface area contributed by atoms with Crippen molar-refractivity contribution in [1.29, 1.82) is 0 Å². The van der Waals surface area contributed by atoms with Gasteiger partial charge in [-0.15, -0.1) is 13.2 Å². The molecule has 2 aliphatic heterocycles. The van der Waals surface area contributed by atoms with Crippen LogP contribution < -0.4 is 9.47 Å². The van der Waals surface area contributed by atoms with Crippen LogP contribution in [0.3, 0.4) is 0 Å². The molecule has 2 atom stereocenters. The number of esters is 2. The van der Waals surface area contributed by atoms with E-state index in [1.165, 1.54) is 48.6 Å². The van der Waals surface area contributed by atoms with E-state index in [1.807, 2.05) is 38.1 Å². The van der Waals surface area contributed by atoms with Gasteiger partial charge in [0, 0.05) is 18.5 Å². The quantitative estimate of drug-likeness (QED) is 0.0799. The fraction of sp³-hybridized carbons (Fsp3) is 0.244. The molecule has 0 fully saturated rings. The highest BCUT2D eigenvalue weighted by Gasteiger charge is 2.36. The van der Waals surface area contributed by atoms with Gasteiger partial charge in [0.15, 0.2) is 0 Å². The maximum atomic E-state index is 12.6. The van der Waals surface area contributed by atoms with Crippen LogP contribution in [0.1, 0.15) is 87.1 Å². The lowest BCUT2D eigenvalue weighted by Crippen LogP contribution is -2.29. The van der Waals surface area contributed by atoms with Crippen LogP contribution in [-0.4, -0.2) is 107 Å². The van der Waals surface area contributed by atoms with Crippen molar-refractivity contribution in [1.82, 2.24) is 9.80 Å². The number of rotatable bonds is 18. The SMILES string of the molecule is C=CCN1C(=O)c2ccc(C(=O)OCC(O)COc3ccc(C(C)(C)c4ccc(OCC(O)COC(=O)c5ccc6c(c5)C(=O)N(CC=C)C6=O)cc4)cc3)cc2C1=O.